The molecule has 2 heterocycles. The van der Waals surface area contributed by atoms with E-state index in [-0.39, 0.29) is 29.7 Å². The number of benzene rings is 3. The second kappa shape index (κ2) is 13.8. The summed E-state index contributed by atoms with van der Waals surface area (Å²) in [6.45, 7) is 5.97. The van der Waals surface area contributed by atoms with Crippen LogP contribution >= 0.6 is 0 Å². The molecule has 2 atom stereocenters. The molecule has 2 saturated heterocycles. The smallest absolute Gasteiger partial charge is 0.243 e. The first-order valence-corrected chi connectivity index (χ1v) is 18.2. The fraction of sp³-hybridized carbons (Fsp3) is 0.500. The first kappa shape index (κ1) is 32.8. The van der Waals surface area contributed by atoms with Gasteiger partial charge in [-0.1, -0.05) is 50.2 Å². The molecule has 2 unspecified atom stereocenters. The van der Waals surface area contributed by atoms with Gasteiger partial charge >= 0.3 is 0 Å². The van der Waals surface area contributed by atoms with Gasteiger partial charge in [0, 0.05) is 38.3 Å². The maximum Gasteiger partial charge on any atom is 0.243 e. The van der Waals surface area contributed by atoms with Gasteiger partial charge in [0.25, 0.3) is 0 Å². The summed E-state index contributed by atoms with van der Waals surface area (Å²) in [6, 6.07) is 19.3. The summed E-state index contributed by atoms with van der Waals surface area (Å²) in [5.74, 6) is 0.756. The van der Waals surface area contributed by atoms with E-state index in [0.29, 0.717) is 55.6 Å². The molecular weight excluding hydrogens is 603 g/mol. The predicted octanol–water partition coefficient (Wildman–Crippen LogP) is 3.51. The van der Waals surface area contributed by atoms with Gasteiger partial charge in [0.05, 0.1) is 22.0 Å². The van der Waals surface area contributed by atoms with Crippen molar-refractivity contribution in [3.63, 3.8) is 0 Å². The number of fused-ring (bicyclic) bond motifs is 1. The van der Waals surface area contributed by atoms with E-state index in [0.717, 1.165) is 23.6 Å². The molecule has 3 N–H and O–H groups in total. The third-order valence-corrected chi connectivity index (χ3v) is 11.8. The second-order valence-corrected chi connectivity index (χ2v) is 15.9. The molecule has 2 fully saturated rings. The number of rotatable bonds is 13. The monoisotopic (exact) mass is 645 g/mol. The van der Waals surface area contributed by atoms with Gasteiger partial charge in [-0.2, -0.15) is 4.31 Å². The summed E-state index contributed by atoms with van der Waals surface area (Å²) in [4.78, 5) is 0.428. The average molecular weight is 646 g/mol. The van der Waals surface area contributed by atoms with E-state index in [2.05, 4.69) is 10.0 Å². The first-order valence-electron chi connectivity index (χ1n) is 15.2. The molecule has 1 spiro atoms. The molecule has 0 aromatic heterocycles. The quantitative estimate of drug-likeness (QED) is 0.257. The number of nitrogens with zero attached hydrogens (tertiary/aromatic N) is 1. The summed E-state index contributed by atoms with van der Waals surface area (Å²) in [5, 5.41) is 15.8. The van der Waals surface area contributed by atoms with Crippen LogP contribution in [0.25, 0.3) is 10.8 Å². The Labute approximate surface area is 260 Å². The van der Waals surface area contributed by atoms with Crippen molar-refractivity contribution in [1.29, 1.82) is 0 Å². The fourth-order valence-electron chi connectivity index (χ4n) is 5.79. The third kappa shape index (κ3) is 7.97. The second-order valence-electron chi connectivity index (χ2n) is 12.2. The zero-order valence-corrected chi connectivity index (χ0v) is 26.9. The Morgan fingerprint density at radius 3 is 2.48 bits per heavy atom. The fourth-order valence-corrected chi connectivity index (χ4v) is 8.34. The zero-order valence-electron chi connectivity index (χ0n) is 25.3. The molecule has 0 aliphatic carbocycles. The summed E-state index contributed by atoms with van der Waals surface area (Å²) >= 11 is 0. The maximum atomic E-state index is 13.4. The molecule has 240 valence electrons. The topological polar surface area (TPSA) is 134 Å². The lowest BCUT2D eigenvalue weighted by molar-refractivity contribution is -0.0312. The molecule has 0 amide bonds. The normalized spacial score (nSPS) is 20.0. The van der Waals surface area contributed by atoms with Gasteiger partial charge in [0.15, 0.2) is 0 Å². The molecule has 0 radical (unpaired) electrons. The maximum absolute atomic E-state index is 13.4. The molecule has 3 aromatic carbocycles. The number of sulfonamides is 2. The van der Waals surface area contributed by atoms with E-state index in [1.807, 2.05) is 44.2 Å². The minimum atomic E-state index is -3.64. The van der Waals surface area contributed by atoms with Crippen molar-refractivity contribution >= 4 is 30.8 Å². The van der Waals surface area contributed by atoms with Crippen molar-refractivity contribution in [1.82, 2.24) is 14.3 Å². The van der Waals surface area contributed by atoms with Gasteiger partial charge in [-0.15, -0.1) is 0 Å². The van der Waals surface area contributed by atoms with Crippen LogP contribution in [-0.4, -0.2) is 83.4 Å². The number of aliphatic hydroxyl groups excluding tert-OH is 1. The average Bonchev–Trinajstić information content (AvgIpc) is 3.40. The molecule has 10 nitrogen and oxygen atoms in total. The molecule has 12 heteroatoms. The van der Waals surface area contributed by atoms with Crippen LogP contribution in [-0.2, 0) is 24.8 Å². The highest BCUT2D eigenvalue weighted by molar-refractivity contribution is 7.89. The van der Waals surface area contributed by atoms with Gasteiger partial charge in [0.2, 0.25) is 20.0 Å². The predicted molar refractivity (Wildman–Crippen MR) is 170 cm³/mol. The first-order chi connectivity index (χ1) is 21.0. The van der Waals surface area contributed by atoms with Crippen LogP contribution in [0.2, 0.25) is 0 Å². The molecule has 5 rings (SSSR count). The highest BCUT2D eigenvalue weighted by Gasteiger charge is 2.44. The zero-order chi connectivity index (χ0) is 31.4. The van der Waals surface area contributed by atoms with E-state index in [9.17, 15) is 21.9 Å². The molecule has 2 aliphatic rings. The Morgan fingerprint density at radius 2 is 1.73 bits per heavy atom. The van der Waals surface area contributed by atoms with Crippen LogP contribution in [0.3, 0.4) is 0 Å². The molecular formula is C32H43N3O7S2. The summed E-state index contributed by atoms with van der Waals surface area (Å²) in [5.41, 5.74) is -0.385. The number of nitrogens with one attached hydrogen (secondary N) is 2. The Kier molecular flexibility index (Phi) is 10.3. The standard InChI is InChI=1S/C32H43N3O7S2/c1-24(2)12-15-34-43(37,38)30-9-5-8-29(19-30)41-23-28(36)21-33-27-20-32(42-22-27)13-16-35(17-14-32)44(39,40)31-11-10-25-6-3-4-7-26(25)18-31/h3-11,18-19,24,27-28,33-34,36H,12-17,20-23H2,1-2H3. The van der Waals surface area contributed by atoms with Gasteiger partial charge in [-0.05, 0) is 66.6 Å². The highest BCUT2D eigenvalue weighted by atomic mass is 32.2. The van der Waals surface area contributed by atoms with E-state index in [4.69, 9.17) is 9.47 Å². The van der Waals surface area contributed by atoms with E-state index >= 15 is 0 Å². The van der Waals surface area contributed by atoms with Crippen molar-refractivity contribution < 1.29 is 31.4 Å². The lowest BCUT2D eigenvalue weighted by Gasteiger charge is -2.38. The van der Waals surface area contributed by atoms with Gasteiger partial charge < -0.3 is 19.9 Å². The van der Waals surface area contributed by atoms with E-state index in [1.165, 1.54) is 12.1 Å². The van der Waals surface area contributed by atoms with Crippen molar-refractivity contribution in [3.05, 3.63) is 66.7 Å². The lowest BCUT2D eigenvalue weighted by atomic mass is 9.88. The van der Waals surface area contributed by atoms with E-state index in [1.54, 1.807) is 28.6 Å². The van der Waals surface area contributed by atoms with Gasteiger partial charge in [-0.25, -0.2) is 21.6 Å². The molecule has 44 heavy (non-hydrogen) atoms. The Morgan fingerprint density at radius 1 is 0.977 bits per heavy atom. The molecule has 0 saturated carbocycles. The Bertz CT molecular complexity index is 1640. The minimum Gasteiger partial charge on any atom is -0.491 e. The summed E-state index contributed by atoms with van der Waals surface area (Å²) < 4.78 is 68.0. The van der Waals surface area contributed by atoms with Gasteiger partial charge in [0.1, 0.15) is 18.5 Å². The lowest BCUT2D eigenvalue weighted by Crippen LogP contribution is -2.47. The summed E-state index contributed by atoms with van der Waals surface area (Å²) in [7, 11) is -7.25. The molecule has 3 aromatic rings. The van der Waals surface area contributed by atoms with Crippen LogP contribution in [0, 0.1) is 5.92 Å². The van der Waals surface area contributed by atoms with Crippen molar-refractivity contribution in [2.45, 2.75) is 67.1 Å². The van der Waals surface area contributed by atoms with Crippen LogP contribution in [0.15, 0.2) is 76.5 Å². The number of hydrogen-bond acceptors (Lipinski definition) is 8. The third-order valence-electron chi connectivity index (χ3n) is 8.42. The van der Waals surface area contributed by atoms with E-state index < -0.39 is 26.2 Å². The van der Waals surface area contributed by atoms with Crippen molar-refractivity contribution in [3.8, 4) is 5.75 Å². The molecule has 0 bridgehead atoms. The Balaban J connectivity index is 1.06. The number of piperidine rings is 1. The van der Waals surface area contributed by atoms with Crippen LogP contribution in [0.5, 0.6) is 5.75 Å². The molecule has 2 aliphatic heterocycles. The van der Waals surface area contributed by atoms with Crippen molar-refractivity contribution in [2.24, 2.45) is 5.92 Å². The number of aliphatic hydroxyl groups is 1. The Hall–Kier alpha value is -2.58. The van der Waals surface area contributed by atoms with Crippen LogP contribution < -0.4 is 14.8 Å². The number of hydrogen-bond donors (Lipinski definition) is 3. The van der Waals surface area contributed by atoms with Crippen LogP contribution in [0.1, 0.15) is 39.5 Å². The SMILES string of the molecule is CC(C)CCNS(=O)(=O)c1cccc(OCC(O)CNC2COC3(CCN(S(=O)(=O)c4ccc5ccccc5c4)CC3)C2)c1. The highest BCUT2D eigenvalue weighted by Crippen LogP contribution is 2.37. The summed E-state index contributed by atoms with van der Waals surface area (Å²) in [6.07, 6.45) is 1.87. The van der Waals surface area contributed by atoms with Crippen molar-refractivity contribution in [2.75, 3.05) is 39.4 Å². The minimum absolute atomic E-state index is 0.00239. The number of ether oxygens (including phenoxy) is 2. The largest absolute Gasteiger partial charge is 0.491 e. The van der Waals surface area contributed by atoms with Crippen LogP contribution in [0.4, 0.5) is 0 Å². The van der Waals surface area contributed by atoms with Gasteiger partial charge in [-0.3, -0.25) is 0 Å².